The number of halogens is 2. The van der Waals surface area contributed by atoms with Crippen LogP contribution in [0.2, 0.25) is 0 Å². The van der Waals surface area contributed by atoms with Crippen molar-refractivity contribution < 1.29 is 8.42 Å². The highest BCUT2D eigenvalue weighted by Crippen LogP contribution is 2.28. The van der Waals surface area contributed by atoms with E-state index in [1.807, 2.05) is 11.4 Å². The van der Waals surface area contributed by atoms with Crippen LogP contribution in [0.1, 0.15) is 11.1 Å². The number of benzene rings is 1. The molecule has 0 saturated carbocycles. The molecule has 0 atom stereocenters. The predicted octanol–water partition coefficient (Wildman–Crippen LogP) is 3.55. The lowest BCUT2D eigenvalue weighted by molar-refractivity contribution is 0.467. The molecule has 0 aliphatic carbocycles. The molecular weight excluding hydrogens is 440 g/mol. The Labute approximate surface area is 145 Å². The van der Waals surface area contributed by atoms with Crippen molar-refractivity contribution in [2.24, 2.45) is 5.73 Å². The number of thiophene rings is 1. The molecule has 2 rings (SSSR count). The number of nitrogens with two attached hydrogens (primary N) is 1. The van der Waals surface area contributed by atoms with Gasteiger partial charge in [-0.1, -0.05) is 6.07 Å². The molecule has 1 heterocycles. The summed E-state index contributed by atoms with van der Waals surface area (Å²) in [6.45, 7) is 0.702. The fourth-order valence-electron chi connectivity index (χ4n) is 1.82. The lowest BCUT2D eigenvalue weighted by Crippen LogP contribution is -2.26. The number of nitrogens with zero attached hydrogens (tertiary/aromatic N) is 1. The van der Waals surface area contributed by atoms with E-state index in [1.165, 1.54) is 15.6 Å². The van der Waals surface area contributed by atoms with Gasteiger partial charge < -0.3 is 5.73 Å². The van der Waals surface area contributed by atoms with E-state index in [4.69, 9.17) is 5.73 Å². The number of hydrogen-bond donors (Lipinski definition) is 1. The van der Waals surface area contributed by atoms with Gasteiger partial charge in [-0.2, -0.15) is 4.31 Å². The Balaban J connectivity index is 2.28. The van der Waals surface area contributed by atoms with Gasteiger partial charge in [-0.25, -0.2) is 8.42 Å². The minimum atomic E-state index is -3.55. The van der Waals surface area contributed by atoms with E-state index >= 15 is 0 Å². The third kappa shape index (κ3) is 3.94. The van der Waals surface area contributed by atoms with E-state index in [-0.39, 0.29) is 4.90 Å². The lowest BCUT2D eigenvalue weighted by atomic mass is 10.2. The minimum absolute atomic E-state index is 0.247. The molecule has 0 bridgehead atoms. The molecule has 2 N–H and O–H groups in total. The first-order valence-corrected chi connectivity index (χ1v) is 9.93. The first-order valence-electron chi connectivity index (χ1n) is 6.02. The van der Waals surface area contributed by atoms with Gasteiger partial charge in [0.25, 0.3) is 0 Å². The zero-order valence-electron chi connectivity index (χ0n) is 11.2. The van der Waals surface area contributed by atoms with Crippen molar-refractivity contribution in [2.45, 2.75) is 18.0 Å². The monoisotopic (exact) mass is 452 g/mol. The van der Waals surface area contributed by atoms with Gasteiger partial charge in [0.05, 0.1) is 8.68 Å². The lowest BCUT2D eigenvalue weighted by Gasteiger charge is -2.18. The molecule has 0 amide bonds. The molecule has 4 nitrogen and oxygen atoms in total. The van der Waals surface area contributed by atoms with Crippen molar-refractivity contribution in [2.75, 3.05) is 7.05 Å². The Kier molecular flexibility index (Phi) is 5.61. The Morgan fingerprint density at radius 1 is 1.24 bits per heavy atom. The summed E-state index contributed by atoms with van der Waals surface area (Å²) in [5, 5.41) is 1.93. The summed E-state index contributed by atoms with van der Waals surface area (Å²) < 4.78 is 28.1. The standard InChI is InChI=1S/C13H14Br2N2O2S2/c1-17(7-10-5-13(15)20-8-10)21(18,19)12-3-2-9(6-16)4-11(12)14/h2-5,8H,6-7,16H2,1H3. The van der Waals surface area contributed by atoms with Crippen LogP contribution in [-0.2, 0) is 23.1 Å². The van der Waals surface area contributed by atoms with E-state index in [1.54, 1.807) is 25.2 Å². The van der Waals surface area contributed by atoms with Crippen molar-refractivity contribution in [3.8, 4) is 0 Å². The van der Waals surface area contributed by atoms with Crippen LogP contribution in [-0.4, -0.2) is 19.8 Å². The van der Waals surface area contributed by atoms with Gasteiger partial charge in [0, 0.05) is 24.6 Å². The molecule has 0 unspecified atom stereocenters. The van der Waals surface area contributed by atoms with Gasteiger partial charge in [0.15, 0.2) is 0 Å². The van der Waals surface area contributed by atoms with Crippen LogP contribution in [0, 0.1) is 0 Å². The van der Waals surface area contributed by atoms with Gasteiger partial charge in [-0.3, -0.25) is 0 Å². The van der Waals surface area contributed by atoms with Crippen molar-refractivity contribution in [1.82, 2.24) is 4.31 Å². The molecule has 21 heavy (non-hydrogen) atoms. The quantitative estimate of drug-likeness (QED) is 0.752. The molecule has 1 aromatic carbocycles. The van der Waals surface area contributed by atoms with Crippen molar-refractivity contribution >= 4 is 53.2 Å². The summed E-state index contributed by atoms with van der Waals surface area (Å²) >= 11 is 8.22. The smallest absolute Gasteiger partial charge is 0.244 e. The Bertz CT molecular complexity index is 744. The highest BCUT2D eigenvalue weighted by Gasteiger charge is 2.23. The molecule has 114 valence electrons. The Hall–Kier alpha value is -0.250. The normalized spacial score (nSPS) is 12.0. The molecule has 8 heteroatoms. The summed E-state index contributed by atoms with van der Waals surface area (Å²) in [5.74, 6) is 0. The Morgan fingerprint density at radius 2 is 1.95 bits per heavy atom. The Morgan fingerprint density at radius 3 is 2.48 bits per heavy atom. The molecule has 1 aromatic heterocycles. The molecule has 0 spiro atoms. The zero-order valence-corrected chi connectivity index (χ0v) is 16.0. The summed E-state index contributed by atoms with van der Waals surface area (Å²) in [5.41, 5.74) is 7.39. The van der Waals surface area contributed by atoms with Gasteiger partial charge >= 0.3 is 0 Å². The first-order chi connectivity index (χ1) is 9.84. The van der Waals surface area contributed by atoms with Crippen LogP contribution in [0.3, 0.4) is 0 Å². The van der Waals surface area contributed by atoms with E-state index in [0.717, 1.165) is 14.9 Å². The fourth-order valence-corrected chi connectivity index (χ4v) is 5.26. The molecular formula is C13H14Br2N2O2S2. The summed E-state index contributed by atoms with van der Waals surface area (Å²) in [6.07, 6.45) is 0. The molecule has 0 saturated heterocycles. The fraction of sp³-hybridized carbons (Fsp3) is 0.231. The molecule has 0 radical (unpaired) electrons. The average molecular weight is 454 g/mol. The van der Waals surface area contributed by atoms with Gasteiger partial charge in [-0.05, 0) is 66.6 Å². The second-order valence-corrected chi connectivity index (χ2v) is 9.65. The van der Waals surface area contributed by atoms with Crippen molar-refractivity contribution in [1.29, 1.82) is 0 Å². The van der Waals surface area contributed by atoms with Crippen LogP contribution >= 0.6 is 43.2 Å². The SMILES string of the molecule is CN(Cc1csc(Br)c1)S(=O)(=O)c1ccc(CN)cc1Br. The number of hydrogen-bond acceptors (Lipinski definition) is 4. The maximum Gasteiger partial charge on any atom is 0.244 e. The van der Waals surface area contributed by atoms with Crippen molar-refractivity contribution in [3.05, 3.63) is 49.0 Å². The highest BCUT2D eigenvalue weighted by molar-refractivity contribution is 9.11. The maximum atomic E-state index is 12.6. The molecule has 0 fully saturated rings. The average Bonchev–Trinajstić information content (AvgIpc) is 2.83. The van der Waals surface area contributed by atoms with Crippen LogP contribution in [0.25, 0.3) is 0 Å². The van der Waals surface area contributed by atoms with E-state index in [9.17, 15) is 8.42 Å². The van der Waals surface area contributed by atoms with Gasteiger partial charge in [-0.15, -0.1) is 11.3 Å². The summed E-state index contributed by atoms with van der Waals surface area (Å²) in [4.78, 5) is 0.247. The first kappa shape index (κ1) is 17.1. The van der Waals surface area contributed by atoms with Crippen LogP contribution in [0.4, 0.5) is 0 Å². The summed E-state index contributed by atoms with van der Waals surface area (Å²) in [7, 11) is -1.98. The van der Waals surface area contributed by atoms with Crippen molar-refractivity contribution in [3.63, 3.8) is 0 Å². The van der Waals surface area contributed by atoms with E-state index in [0.29, 0.717) is 17.6 Å². The third-order valence-electron chi connectivity index (χ3n) is 2.95. The van der Waals surface area contributed by atoms with Gasteiger partial charge in [0.1, 0.15) is 0 Å². The number of rotatable bonds is 5. The van der Waals surface area contributed by atoms with E-state index in [2.05, 4.69) is 31.9 Å². The largest absolute Gasteiger partial charge is 0.326 e. The number of sulfonamides is 1. The molecule has 2 aromatic rings. The summed E-state index contributed by atoms with van der Waals surface area (Å²) in [6, 6.07) is 6.97. The molecule has 0 aliphatic heterocycles. The zero-order chi connectivity index (χ0) is 15.6. The topological polar surface area (TPSA) is 63.4 Å². The van der Waals surface area contributed by atoms with E-state index < -0.39 is 10.0 Å². The third-order valence-corrected chi connectivity index (χ3v) is 7.28. The highest BCUT2D eigenvalue weighted by atomic mass is 79.9. The second kappa shape index (κ2) is 6.89. The van der Waals surface area contributed by atoms with Crippen LogP contribution in [0.5, 0.6) is 0 Å². The molecule has 0 aliphatic rings. The second-order valence-electron chi connectivity index (χ2n) is 4.49. The van der Waals surface area contributed by atoms with Gasteiger partial charge in [0.2, 0.25) is 10.0 Å². The minimum Gasteiger partial charge on any atom is -0.326 e. The van der Waals surface area contributed by atoms with Crippen LogP contribution < -0.4 is 5.73 Å². The van der Waals surface area contributed by atoms with Crippen LogP contribution in [0.15, 0.2) is 42.8 Å². The maximum absolute atomic E-state index is 12.6. The predicted molar refractivity (Wildman–Crippen MR) is 92.7 cm³/mol.